The number of methoxy groups -OCH3 is 1. The summed E-state index contributed by atoms with van der Waals surface area (Å²) in [7, 11) is 6.49. The van der Waals surface area contributed by atoms with Crippen LogP contribution in [0.15, 0.2) is 9.98 Å². The monoisotopic (exact) mass is 826 g/mol. The van der Waals surface area contributed by atoms with Gasteiger partial charge in [0.2, 0.25) is 0 Å². The van der Waals surface area contributed by atoms with Gasteiger partial charge in [-0.15, -0.1) is 0 Å². The lowest BCUT2D eigenvalue weighted by Gasteiger charge is -2.14. The Balaban J connectivity index is 0.00000228. The van der Waals surface area contributed by atoms with E-state index in [2.05, 4.69) is 14.5 Å². The van der Waals surface area contributed by atoms with E-state index in [9.17, 15) is 9.46 Å². The highest BCUT2D eigenvalue weighted by atomic mass is 31.2. The summed E-state index contributed by atoms with van der Waals surface area (Å²) in [6, 6.07) is -0.302. The maximum Gasteiger partial charge on any atom is 0.469 e. The highest BCUT2D eigenvalue weighted by Gasteiger charge is 2.23. The Morgan fingerprint density at radius 1 is 0.691 bits per heavy atom. The molecule has 2 rings (SSSR count). The van der Waals surface area contributed by atoms with Gasteiger partial charge >= 0.3 is 16.4 Å². The third kappa shape index (κ3) is 37.3. The quantitative estimate of drug-likeness (QED) is 0.0214. The van der Waals surface area contributed by atoms with Crippen LogP contribution in [0, 0.1) is 0 Å². The second-order valence-electron chi connectivity index (χ2n) is 12.5. The zero-order chi connectivity index (χ0) is 41.0. The molecule has 2 heterocycles. The minimum absolute atomic E-state index is 0.0508. The molecule has 0 aliphatic carbocycles. The predicted molar refractivity (Wildman–Crippen MR) is 217 cm³/mol. The maximum atomic E-state index is 10.6. The van der Waals surface area contributed by atoms with E-state index in [-0.39, 0.29) is 44.0 Å². The van der Waals surface area contributed by atoms with Crippen LogP contribution >= 0.6 is 16.4 Å². The first-order valence-corrected chi connectivity index (χ1v) is 22.2. The highest BCUT2D eigenvalue weighted by Crippen LogP contribution is 2.36. The van der Waals surface area contributed by atoms with Crippen LogP contribution < -0.4 is 11.5 Å². The molecule has 0 aromatic rings. The van der Waals surface area contributed by atoms with Crippen molar-refractivity contribution in [2.75, 3.05) is 86.3 Å². The van der Waals surface area contributed by atoms with Gasteiger partial charge in [-0.3, -0.25) is 14.5 Å². The molecule has 5 atom stereocenters. The largest absolute Gasteiger partial charge is 0.469 e. The molecule has 0 amide bonds. The van der Waals surface area contributed by atoms with Crippen molar-refractivity contribution in [1.82, 2.24) is 0 Å². The summed E-state index contributed by atoms with van der Waals surface area (Å²) in [6.45, 7) is 8.91. The number of nitrogens with two attached hydrogens (primary N) is 2. The van der Waals surface area contributed by atoms with E-state index in [1.807, 2.05) is 13.8 Å². The molecular weight excluding hydrogens is 756 g/mol. The second kappa shape index (κ2) is 37.5. The molecule has 0 aromatic carbocycles. The third-order valence-corrected chi connectivity index (χ3v) is 9.01. The van der Waals surface area contributed by atoms with Gasteiger partial charge in [0.15, 0.2) is 0 Å². The number of amidine groups is 2. The molecule has 55 heavy (non-hydrogen) atoms. The number of hydrogen-bond acceptors (Lipinski definition) is 13. The fourth-order valence-corrected chi connectivity index (χ4v) is 5.94. The number of nitrogens with zero attached hydrogens (tertiary/aromatic N) is 2. The van der Waals surface area contributed by atoms with E-state index in [1.54, 1.807) is 7.11 Å². The van der Waals surface area contributed by atoms with E-state index < -0.39 is 16.4 Å². The molecule has 2 aliphatic rings. The Morgan fingerprint density at radius 2 is 1.18 bits per heavy atom. The van der Waals surface area contributed by atoms with E-state index >= 15 is 0 Å². The standard InChI is InChI=1S/C26H53BN4O11P2.C6H11BO2.C2H6/c27-24-11-10-23(42-24)22-40-43(32)39-21-20-38-19-18-37-17-16-36-15-13-31-26(29)9-5-3-4-8-25(28)30-12-6-1-2-7-14-41-44(33,34)35;1-8-4-5-2-3-6(7)9-5;1-2/h23-24,32H,1-22H2,(H2,28,30)(H2,29,31)(H2,33,34,35);5-6H,2-4H2,1H3;1-2H3. The third-order valence-electron chi connectivity index (χ3n) is 7.72. The van der Waals surface area contributed by atoms with Crippen molar-refractivity contribution in [3.63, 3.8) is 0 Å². The Hall–Kier alpha value is -0.750. The number of ether oxygens (including phenoxy) is 6. The fourth-order valence-electron chi connectivity index (χ4n) is 4.97. The molecule has 2 fully saturated rings. The van der Waals surface area contributed by atoms with Crippen molar-refractivity contribution in [3.05, 3.63) is 0 Å². The van der Waals surface area contributed by atoms with Gasteiger partial charge < -0.3 is 63.6 Å². The average molecular weight is 827 g/mol. The van der Waals surface area contributed by atoms with Gasteiger partial charge in [0.05, 0.1) is 96.5 Å². The van der Waals surface area contributed by atoms with Gasteiger partial charge in [0.1, 0.15) is 15.7 Å². The predicted octanol–water partition coefficient (Wildman–Crippen LogP) is 3.63. The van der Waals surface area contributed by atoms with Gasteiger partial charge in [-0.1, -0.05) is 33.1 Å². The summed E-state index contributed by atoms with van der Waals surface area (Å²) >= 11 is 0. The van der Waals surface area contributed by atoms with Crippen molar-refractivity contribution in [2.24, 2.45) is 21.5 Å². The van der Waals surface area contributed by atoms with Gasteiger partial charge in [-0.2, -0.15) is 0 Å². The normalized spacial score (nSPS) is 20.8. The highest BCUT2D eigenvalue weighted by molar-refractivity contribution is 7.46. The van der Waals surface area contributed by atoms with Crippen molar-refractivity contribution >= 4 is 43.8 Å². The maximum absolute atomic E-state index is 10.6. The molecule has 0 aromatic heterocycles. The summed E-state index contributed by atoms with van der Waals surface area (Å²) in [4.78, 5) is 35.6. The van der Waals surface area contributed by atoms with Crippen molar-refractivity contribution in [3.8, 4) is 0 Å². The van der Waals surface area contributed by atoms with Crippen LogP contribution in [0.5, 0.6) is 0 Å². The molecule has 17 nitrogen and oxygen atoms in total. The molecule has 320 valence electrons. The topological polar surface area (TPSA) is 238 Å². The zero-order valence-corrected chi connectivity index (χ0v) is 35.3. The Morgan fingerprint density at radius 3 is 1.71 bits per heavy atom. The van der Waals surface area contributed by atoms with Crippen LogP contribution in [0.2, 0.25) is 0 Å². The first-order chi connectivity index (χ1) is 26.5. The molecule has 5 unspecified atom stereocenters. The Kier molecular flexibility index (Phi) is 37.0. The van der Waals surface area contributed by atoms with Gasteiger partial charge in [0, 0.05) is 38.5 Å². The smallest absolute Gasteiger partial charge is 0.387 e. The molecule has 2 aliphatic heterocycles. The van der Waals surface area contributed by atoms with Crippen LogP contribution in [0.4, 0.5) is 0 Å². The first kappa shape index (κ1) is 54.2. The van der Waals surface area contributed by atoms with Crippen molar-refractivity contribution in [2.45, 2.75) is 122 Å². The molecule has 0 bridgehead atoms. The zero-order valence-electron chi connectivity index (χ0n) is 33.5. The number of aliphatic imine (C=N–C) groups is 2. The Bertz CT molecular complexity index is 993. The SMILES string of the molecule is CC.[B]C1CCC(COC)O1.[B]C1CCC(COP(O)OCCOCCOCCOCCN=C(N)CCCCCC(N)=NCCCCCCOP(=O)(O)O)O1. The van der Waals surface area contributed by atoms with Gasteiger partial charge in [-0.25, -0.2) is 4.57 Å². The van der Waals surface area contributed by atoms with E-state index in [0.29, 0.717) is 77.4 Å². The fraction of sp³-hybridized carbons (Fsp3) is 0.941. The summed E-state index contributed by atoms with van der Waals surface area (Å²) in [5.41, 5.74) is 11.9. The molecule has 2 saturated heterocycles. The van der Waals surface area contributed by atoms with E-state index in [0.717, 1.165) is 77.0 Å². The minimum atomic E-state index is -4.36. The summed E-state index contributed by atoms with van der Waals surface area (Å²) in [5.74, 6) is 1.27. The van der Waals surface area contributed by atoms with Crippen LogP contribution in [0.25, 0.3) is 0 Å². The summed E-state index contributed by atoms with van der Waals surface area (Å²) in [5, 5.41) is 0. The lowest BCUT2D eigenvalue weighted by molar-refractivity contribution is 0.00787. The van der Waals surface area contributed by atoms with Crippen LogP contribution in [0.3, 0.4) is 0 Å². The number of hydrogen-bond donors (Lipinski definition) is 5. The van der Waals surface area contributed by atoms with Crippen molar-refractivity contribution < 1.29 is 61.2 Å². The summed E-state index contributed by atoms with van der Waals surface area (Å²) < 4.78 is 57.3. The molecule has 4 radical (unpaired) electrons. The first-order valence-electron chi connectivity index (χ1n) is 19.5. The molecule has 0 saturated carbocycles. The summed E-state index contributed by atoms with van der Waals surface area (Å²) in [6.07, 6.45) is 11.3. The minimum Gasteiger partial charge on any atom is -0.387 e. The number of phosphoric ester groups is 1. The average Bonchev–Trinajstić information content (AvgIpc) is 3.77. The second-order valence-corrected chi connectivity index (χ2v) is 14.7. The van der Waals surface area contributed by atoms with Crippen LogP contribution in [0.1, 0.15) is 97.3 Å². The van der Waals surface area contributed by atoms with Crippen molar-refractivity contribution in [1.29, 1.82) is 0 Å². The molecule has 0 spiro atoms. The lowest BCUT2D eigenvalue weighted by atomic mass is 9.97. The lowest BCUT2D eigenvalue weighted by Crippen LogP contribution is -2.16. The number of rotatable bonds is 32. The molecular formula is C34H70B2N4O13P2. The van der Waals surface area contributed by atoms with E-state index in [4.69, 9.17) is 74.4 Å². The van der Waals surface area contributed by atoms with Gasteiger partial charge in [-0.05, 0) is 51.4 Å². The molecule has 7 N–H and O–H groups in total. The van der Waals surface area contributed by atoms with Gasteiger partial charge in [0.25, 0.3) is 0 Å². The van der Waals surface area contributed by atoms with E-state index in [1.165, 1.54) is 0 Å². The number of phosphoric acid groups is 1. The number of unbranched alkanes of at least 4 members (excludes halogenated alkanes) is 5. The van der Waals surface area contributed by atoms with Crippen LogP contribution in [-0.4, -0.2) is 153 Å². The molecule has 21 heteroatoms. The van der Waals surface area contributed by atoms with Crippen LogP contribution in [-0.2, 0) is 46.6 Å². The Labute approximate surface area is 333 Å².